The number of carbonyl (C=O) groups excluding carboxylic acids is 1. The molecule has 0 radical (unpaired) electrons. The number of carbonyl (C=O) groups is 1. The van der Waals surface area contributed by atoms with Gasteiger partial charge >= 0.3 is 0 Å². The van der Waals surface area contributed by atoms with Gasteiger partial charge in [0.05, 0.1) is 0 Å². The molecule has 0 spiro atoms. The molecule has 1 aromatic heterocycles. The monoisotopic (exact) mass is 594 g/mol. The van der Waals surface area contributed by atoms with Gasteiger partial charge in [-0.15, -0.1) is 11.3 Å². The molecule has 3 aliphatic rings. The van der Waals surface area contributed by atoms with Gasteiger partial charge in [0.1, 0.15) is 24.2 Å². The van der Waals surface area contributed by atoms with E-state index in [2.05, 4.69) is 34.1 Å². The Morgan fingerprint density at radius 2 is 1.47 bits per heavy atom. The van der Waals surface area contributed by atoms with E-state index >= 15 is 0 Å². The summed E-state index contributed by atoms with van der Waals surface area (Å²) < 4.78 is 13.7. The van der Waals surface area contributed by atoms with E-state index in [4.69, 9.17) is 9.47 Å². The van der Waals surface area contributed by atoms with Gasteiger partial charge in [-0.2, -0.15) is 0 Å². The van der Waals surface area contributed by atoms with Crippen LogP contribution in [0.5, 0.6) is 11.5 Å². The van der Waals surface area contributed by atoms with Crippen molar-refractivity contribution in [1.29, 1.82) is 0 Å². The lowest BCUT2D eigenvalue weighted by atomic mass is 9.91. The first-order valence-corrected chi connectivity index (χ1v) is 17.1. The lowest BCUT2D eigenvalue weighted by molar-refractivity contribution is 0.0485. The maximum Gasteiger partial charge on any atom is 0.195 e. The SMILES string of the molecule is O=C(c1ccc(O[C@@H]2CCCC[C@H]2N2CCCC2)cc1)c1c(-c2ccc(OCCN3CCCC3)cc2)sc2ccccc12. The fourth-order valence-corrected chi connectivity index (χ4v) is 8.39. The van der Waals surface area contributed by atoms with Crippen molar-refractivity contribution in [3.63, 3.8) is 0 Å². The Balaban J connectivity index is 1.08. The third-order valence-corrected chi connectivity index (χ3v) is 10.7. The summed E-state index contributed by atoms with van der Waals surface area (Å²) in [4.78, 5) is 20.2. The van der Waals surface area contributed by atoms with E-state index in [9.17, 15) is 4.79 Å². The number of hydrogen-bond donors (Lipinski definition) is 0. The van der Waals surface area contributed by atoms with E-state index in [1.54, 1.807) is 11.3 Å². The predicted octanol–water partition coefficient (Wildman–Crippen LogP) is 8.06. The highest BCUT2D eigenvalue weighted by atomic mass is 32.1. The van der Waals surface area contributed by atoms with E-state index in [1.807, 2.05) is 48.5 Å². The number of rotatable bonds is 10. The van der Waals surface area contributed by atoms with Crippen LogP contribution in [0.1, 0.15) is 67.3 Å². The van der Waals surface area contributed by atoms with Gasteiger partial charge in [0.15, 0.2) is 5.78 Å². The summed E-state index contributed by atoms with van der Waals surface area (Å²) >= 11 is 1.68. The molecule has 5 nitrogen and oxygen atoms in total. The van der Waals surface area contributed by atoms with Gasteiger partial charge in [-0.1, -0.05) is 24.6 Å². The fourth-order valence-electron chi connectivity index (χ4n) is 7.19. The number of ketones is 1. The minimum atomic E-state index is 0.0533. The maximum atomic E-state index is 14.1. The third kappa shape index (κ3) is 6.38. The van der Waals surface area contributed by atoms with Crippen molar-refractivity contribution in [2.24, 2.45) is 0 Å². The molecular formula is C37H42N2O3S. The van der Waals surface area contributed by atoms with Gasteiger partial charge in [0, 0.05) is 38.7 Å². The molecule has 3 fully saturated rings. The number of fused-ring (bicyclic) bond motifs is 1. The second-order valence-electron chi connectivity index (χ2n) is 12.3. The van der Waals surface area contributed by atoms with Gasteiger partial charge in [-0.3, -0.25) is 14.6 Å². The second-order valence-corrected chi connectivity index (χ2v) is 13.4. The van der Waals surface area contributed by atoms with Crippen LogP contribution in [0, 0.1) is 0 Å². The van der Waals surface area contributed by atoms with Crippen LogP contribution in [0.3, 0.4) is 0 Å². The number of thiophene rings is 1. The number of nitrogens with zero attached hydrogens (tertiary/aromatic N) is 2. The first-order chi connectivity index (χ1) is 21.2. The molecule has 0 amide bonds. The summed E-state index contributed by atoms with van der Waals surface area (Å²) in [6.45, 7) is 6.43. The predicted molar refractivity (Wildman–Crippen MR) is 176 cm³/mol. The van der Waals surface area contributed by atoms with Crippen molar-refractivity contribution in [1.82, 2.24) is 9.80 Å². The average Bonchev–Trinajstić information content (AvgIpc) is 3.84. The van der Waals surface area contributed by atoms with Crippen LogP contribution in [-0.2, 0) is 0 Å². The summed E-state index contributed by atoms with van der Waals surface area (Å²) in [6, 6.07) is 24.9. The van der Waals surface area contributed by atoms with Crippen molar-refractivity contribution in [2.45, 2.75) is 63.5 Å². The Morgan fingerprint density at radius 3 is 2.26 bits per heavy atom. The van der Waals surface area contributed by atoms with Crippen LogP contribution in [0.15, 0.2) is 72.8 Å². The van der Waals surface area contributed by atoms with E-state index in [0.29, 0.717) is 18.2 Å². The summed E-state index contributed by atoms with van der Waals surface area (Å²) in [5.74, 6) is 1.79. The molecule has 3 heterocycles. The molecule has 2 atom stereocenters. The molecule has 7 rings (SSSR count). The highest BCUT2D eigenvalue weighted by Gasteiger charge is 2.33. The standard InChI is InChI=1S/C37H42N2O3S/c40-36(27-13-19-30(20-14-27)42-33-11-3-2-10-32(33)39-23-7-8-24-39)35-31-9-1-4-12-34(31)43-37(35)28-15-17-29(18-16-28)41-26-25-38-21-5-6-22-38/h1,4,9,12-20,32-33H,2-3,5-8,10-11,21-26H2/t32-,33-/m1/s1. The largest absolute Gasteiger partial charge is 0.492 e. The normalized spacial score (nSPS) is 21.4. The zero-order valence-corrected chi connectivity index (χ0v) is 25.8. The Kier molecular flexibility index (Phi) is 8.78. The Morgan fingerprint density at radius 1 is 0.767 bits per heavy atom. The minimum Gasteiger partial charge on any atom is -0.492 e. The summed E-state index contributed by atoms with van der Waals surface area (Å²) in [5.41, 5.74) is 2.51. The smallest absolute Gasteiger partial charge is 0.195 e. The Hall–Kier alpha value is -3.19. The van der Waals surface area contributed by atoms with Crippen LogP contribution in [0.25, 0.3) is 20.5 Å². The number of likely N-dealkylation sites (tertiary alicyclic amines) is 2. The number of hydrogen-bond acceptors (Lipinski definition) is 6. The summed E-state index contributed by atoms with van der Waals surface area (Å²) in [7, 11) is 0. The molecule has 3 aromatic carbocycles. The molecule has 1 saturated carbocycles. The second kappa shape index (κ2) is 13.2. The van der Waals surface area contributed by atoms with Crippen LogP contribution >= 0.6 is 11.3 Å². The lowest BCUT2D eigenvalue weighted by Gasteiger charge is -2.37. The zero-order valence-electron chi connectivity index (χ0n) is 25.0. The summed E-state index contributed by atoms with van der Waals surface area (Å²) in [6.07, 6.45) is 10.3. The molecule has 1 aliphatic carbocycles. The van der Waals surface area contributed by atoms with E-state index < -0.39 is 0 Å². The van der Waals surface area contributed by atoms with Crippen LogP contribution in [0.4, 0.5) is 0 Å². The third-order valence-electron chi connectivity index (χ3n) is 9.50. The lowest BCUT2D eigenvalue weighted by Crippen LogP contribution is -2.46. The number of ether oxygens (including phenoxy) is 2. The molecule has 0 N–H and O–H groups in total. The molecule has 0 bridgehead atoms. The van der Waals surface area contributed by atoms with Crippen molar-refractivity contribution >= 4 is 27.2 Å². The van der Waals surface area contributed by atoms with Crippen LogP contribution in [-0.4, -0.2) is 67.1 Å². The van der Waals surface area contributed by atoms with Gasteiger partial charge in [-0.25, -0.2) is 0 Å². The topological polar surface area (TPSA) is 42.0 Å². The van der Waals surface area contributed by atoms with Gasteiger partial charge in [0.25, 0.3) is 0 Å². The first kappa shape index (κ1) is 28.6. The van der Waals surface area contributed by atoms with Crippen molar-refractivity contribution < 1.29 is 14.3 Å². The first-order valence-electron chi connectivity index (χ1n) is 16.3. The highest BCUT2D eigenvalue weighted by molar-refractivity contribution is 7.22. The van der Waals surface area contributed by atoms with E-state index in [0.717, 1.165) is 50.6 Å². The minimum absolute atomic E-state index is 0.0533. The molecule has 6 heteroatoms. The Bertz CT molecular complexity index is 1520. The van der Waals surface area contributed by atoms with E-state index in [-0.39, 0.29) is 11.9 Å². The van der Waals surface area contributed by atoms with E-state index in [1.165, 1.54) is 71.1 Å². The molecular weight excluding hydrogens is 552 g/mol. The van der Waals surface area contributed by atoms with Gasteiger partial charge in [0.2, 0.25) is 0 Å². The quantitative estimate of drug-likeness (QED) is 0.174. The molecule has 4 aromatic rings. The summed E-state index contributed by atoms with van der Waals surface area (Å²) in [5, 5.41) is 1.01. The molecule has 43 heavy (non-hydrogen) atoms. The van der Waals surface area contributed by atoms with Gasteiger partial charge in [-0.05, 0) is 131 Å². The highest BCUT2D eigenvalue weighted by Crippen LogP contribution is 2.40. The fraction of sp³-hybridized carbons (Fsp3) is 0.432. The van der Waals surface area contributed by atoms with Crippen LogP contribution < -0.4 is 9.47 Å². The molecule has 0 unspecified atom stereocenters. The van der Waals surface area contributed by atoms with Crippen LogP contribution in [0.2, 0.25) is 0 Å². The van der Waals surface area contributed by atoms with Crippen molar-refractivity contribution in [2.75, 3.05) is 39.3 Å². The van der Waals surface area contributed by atoms with Crippen molar-refractivity contribution in [3.8, 4) is 21.9 Å². The molecule has 2 aliphatic heterocycles. The van der Waals surface area contributed by atoms with Gasteiger partial charge < -0.3 is 9.47 Å². The molecule has 224 valence electrons. The maximum absolute atomic E-state index is 14.1. The molecule has 2 saturated heterocycles. The number of benzene rings is 3. The average molecular weight is 595 g/mol. The van der Waals surface area contributed by atoms with Crippen molar-refractivity contribution in [3.05, 3.63) is 83.9 Å². The Labute approximate surface area is 259 Å². The zero-order chi connectivity index (χ0) is 29.0.